The van der Waals surface area contributed by atoms with Gasteiger partial charge in [0.15, 0.2) is 0 Å². The van der Waals surface area contributed by atoms with Crippen LogP contribution in [0, 0.1) is 18.6 Å². The minimum Gasteiger partial charge on any atom is -0.338 e. The first-order valence-electron chi connectivity index (χ1n) is 8.64. The van der Waals surface area contributed by atoms with Crippen LogP contribution in [0.25, 0.3) is 22.4 Å². The number of pyridine rings is 1. The number of benzene rings is 2. The second kappa shape index (κ2) is 7.19. The standard InChI is InChI=1S/C21H16F2N4O/c1-12-2-3-13(11-24-12)8-20(28)25-15-5-7-18-19(10-15)27-21(26-18)16-9-14(22)4-6-17(16)23/h2-7,9-11H,8H2,1H3,(H,25,28)(H,26,27). The van der Waals surface area contributed by atoms with Crippen molar-refractivity contribution in [1.82, 2.24) is 15.0 Å². The van der Waals surface area contributed by atoms with Crippen molar-refractivity contribution in [3.8, 4) is 11.4 Å². The monoisotopic (exact) mass is 378 g/mol. The minimum absolute atomic E-state index is 0.0497. The number of H-pyrrole nitrogens is 1. The first kappa shape index (κ1) is 17.8. The number of nitrogens with zero attached hydrogens (tertiary/aromatic N) is 2. The van der Waals surface area contributed by atoms with E-state index in [1.54, 1.807) is 24.4 Å². The smallest absolute Gasteiger partial charge is 0.228 e. The molecule has 0 spiro atoms. The zero-order valence-corrected chi connectivity index (χ0v) is 15.0. The fourth-order valence-electron chi connectivity index (χ4n) is 2.89. The van der Waals surface area contributed by atoms with E-state index in [0.29, 0.717) is 16.7 Å². The Morgan fingerprint density at radius 1 is 1.11 bits per heavy atom. The van der Waals surface area contributed by atoms with Crippen LogP contribution in [-0.2, 0) is 11.2 Å². The Labute approximate surface area is 159 Å². The number of fused-ring (bicyclic) bond motifs is 1. The molecule has 2 aromatic heterocycles. The second-order valence-electron chi connectivity index (χ2n) is 6.47. The average Bonchev–Trinajstić information content (AvgIpc) is 3.08. The van der Waals surface area contributed by atoms with Gasteiger partial charge in [-0.25, -0.2) is 13.8 Å². The molecular weight excluding hydrogens is 362 g/mol. The summed E-state index contributed by atoms with van der Waals surface area (Å²) in [4.78, 5) is 23.7. The molecule has 0 saturated heterocycles. The normalized spacial score (nSPS) is 11.0. The maximum absolute atomic E-state index is 14.0. The van der Waals surface area contributed by atoms with Crippen molar-refractivity contribution in [3.05, 3.63) is 77.6 Å². The molecule has 0 aliphatic carbocycles. The lowest BCUT2D eigenvalue weighted by Crippen LogP contribution is -2.14. The highest BCUT2D eigenvalue weighted by atomic mass is 19.1. The van der Waals surface area contributed by atoms with Gasteiger partial charge in [-0.1, -0.05) is 6.07 Å². The topological polar surface area (TPSA) is 70.7 Å². The summed E-state index contributed by atoms with van der Waals surface area (Å²) in [5.74, 6) is -1.07. The average molecular weight is 378 g/mol. The Balaban J connectivity index is 1.55. The molecule has 2 N–H and O–H groups in total. The Bertz CT molecular complexity index is 1170. The van der Waals surface area contributed by atoms with Gasteiger partial charge >= 0.3 is 0 Å². The van der Waals surface area contributed by atoms with Gasteiger partial charge in [-0.2, -0.15) is 0 Å². The Morgan fingerprint density at radius 2 is 1.96 bits per heavy atom. The predicted octanol–water partition coefficient (Wildman–Crippen LogP) is 4.39. The van der Waals surface area contributed by atoms with Gasteiger partial charge in [0.1, 0.15) is 17.5 Å². The molecule has 0 aliphatic rings. The van der Waals surface area contributed by atoms with E-state index >= 15 is 0 Å². The third kappa shape index (κ3) is 3.73. The van der Waals surface area contributed by atoms with Crippen molar-refractivity contribution in [2.24, 2.45) is 0 Å². The van der Waals surface area contributed by atoms with Gasteiger partial charge in [0.2, 0.25) is 5.91 Å². The molecule has 4 rings (SSSR count). The predicted molar refractivity (Wildman–Crippen MR) is 103 cm³/mol. The van der Waals surface area contributed by atoms with E-state index in [4.69, 9.17) is 0 Å². The number of nitrogens with one attached hydrogen (secondary N) is 2. The first-order chi connectivity index (χ1) is 13.5. The number of imidazole rings is 1. The summed E-state index contributed by atoms with van der Waals surface area (Å²) in [7, 11) is 0. The maximum Gasteiger partial charge on any atom is 0.228 e. The van der Waals surface area contributed by atoms with Gasteiger partial charge in [-0.15, -0.1) is 0 Å². The number of anilines is 1. The third-order valence-corrected chi connectivity index (χ3v) is 4.29. The molecule has 0 aliphatic heterocycles. The summed E-state index contributed by atoms with van der Waals surface area (Å²) in [5.41, 5.74) is 3.52. The molecule has 7 heteroatoms. The highest BCUT2D eigenvalue weighted by Gasteiger charge is 2.12. The van der Waals surface area contributed by atoms with Crippen molar-refractivity contribution in [1.29, 1.82) is 0 Å². The number of carbonyl (C=O) groups excluding carboxylic acids is 1. The van der Waals surface area contributed by atoms with Crippen LogP contribution in [0.3, 0.4) is 0 Å². The number of amides is 1. The van der Waals surface area contributed by atoms with E-state index in [2.05, 4.69) is 20.3 Å². The quantitative estimate of drug-likeness (QED) is 0.553. The Kier molecular flexibility index (Phi) is 4.57. The number of aromatic amines is 1. The number of carbonyl (C=O) groups is 1. The van der Waals surface area contributed by atoms with Crippen LogP contribution >= 0.6 is 0 Å². The van der Waals surface area contributed by atoms with Gasteiger partial charge in [0.25, 0.3) is 0 Å². The molecule has 0 fully saturated rings. The van der Waals surface area contributed by atoms with Crippen LogP contribution in [0.5, 0.6) is 0 Å². The summed E-state index contributed by atoms with van der Waals surface area (Å²) in [6, 6.07) is 12.0. The van der Waals surface area contributed by atoms with Gasteiger partial charge < -0.3 is 10.3 Å². The molecule has 0 bridgehead atoms. The lowest BCUT2D eigenvalue weighted by atomic mass is 10.2. The lowest BCUT2D eigenvalue weighted by molar-refractivity contribution is -0.115. The molecule has 0 atom stereocenters. The van der Waals surface area contributed by atoms with E-state index in [-0.39, 0.29) is 23.7 Å². The molecule has 28 heavy (non-hydrogen) atoms. The number of aromatic nitrogens is 3. The molecular formula is C21H16F2N4O. The molecule has 0 saturated carbocycles. The highest BCUT2D eigenvalue weighted by Crippen LogP contribution is 2.25. The van der Waals surface area contributed by atoms with Crippen LogP contribution in [0.2, 0.25) is 0 Å². The van der Waals surface area contributed by atoms with Crippen molar-refractivity contribution in [3.63, 3.8) is 0 Å². The van der Waals surface area contributed by atoms with Crippen molar-refractivity contribution in [2.45, 2.75) is 13.3 Å². The summed E-state index contributed by atoms with van der Waals surface area (Å²) < 4.78 is 27.4. The summed E-state index contributed by atoms with van der Waals surface area (Å²) >= 11 is 0. The van der Waals surface area contributed by atoms with Crippen LogP contribution in [0.4, 0.5) is 14.5 Å². The minimum atomic E-state index is -0.569. The first-order valence-corrected chi connectivity index (χ1v) is 8.64. The van der Waals surface area contributed by atoms with Gasteiger partial charge in [-0.05, 0) is 55.0 Å². The van der Waals surface area contributed by atoms with E-state index in [1.807, 2.05) is 19.1 Å². The van der Waals surface area contributed by atoms with Gasteiger partial charge in [-0.3, -0.25) is 9.78 Å². The molecule has 140 valence electrons. The zero-order valence-electron chi connectivity index (χ0n) is 15.0. The third-order valence-electron chi connectivity index (χ3n) is 4.29. The molecule has 4 aromatic rings. The molecule has 0 radical (unpaired) electrons. The molecule has 2 heterocycles. The van der Waals surface area contributed by atoms with Gasteiger partial charge in [0, 0.05) is 17.6 Å². The molecule has 5 nitrogen and oxygen atoms in total. The zero-order chi connectivity index (χ0) is 19.7. The number of hydrogen-bond acceptors (Lipinski definition) is 3. The summed E-state index contributed by atoms with van der Waals surface area (Å²) in [6.45, 7) is 1.88. The Morgan fingerprint density at radius 3 is 2.75 bits per heavy atom. The van der Waals surface area contributed by atoms with Gasteiger partial charge in [0.05, 0.1) is 23.0 Å². The van der Waals surface area contributed by atoms with E-state index < -0.39 is 11.6 Å². The van der Waals surface area contributed by atoms with E-state index in [0.717, 1.165) is 29.5 Å². The summed E-state index contributed by atoms with van der Waals surface area (Å²) in [6.07, 6.45) is 1.88. The van der Waals surface area contributed by atoms with Crippen molar-refractivity contribution >= 4 is 22.6 Å². The van der Waals surface area contributed by atoms with Crippen molar-refractivity contribution < 1.29 is 13.6 Å². The van der Waals surface area contributed by atoms with Crippen molar-refractivity contribution in [2.75, 3.05) is 5.32 Å². The molecule has 1 amide bonds. The summed E-state index contributed by atoms with van der Waals surface area (Å²) in [5, 5.41) is 2.82. The maximum atomic E-state index is 14.0. The molecule has 2 aromatic carbocycles. The molecule has 0 unspecified atom stereocenters. The fourth-order valence-corrected chi connectivity index (χ4v) is 2.89. The fraction of sp³-hybridized carbons (Fsp3) is 0.0952. The number of hydrogen-bond donors (Lipinski definition) is 2. The van der Waals surface area contributed by atoms with Crippen LogP contribution in [-0.4, -0.2) is 20.9 Å². The van der Waals surface area contributed by atoms with Crippen LogP contribution in [0.1, 0.15) is 11.3 Å². The number of aryl methyl sites for hydroxylation is 1. The largest absolute Gasteiger partial charge is 0.338 e. The lowest BCUT2D eigenvalue weighted by Gasteiger charge is -2.05. The highest BCUT2D eigenvalue weighted by molar-refractivity contribution is 5.94. The van der Waals surface area contributed by atoms with E-state index in [1.165, 1.54) is 0 Å². The Hall–Kier alpha value is -3.61. The number of rotatable bonds is 4. The van der Waals surface area contributed by atoms with E-state index in [9.17, 15) is 13.6 Å². The van der Waals surface area contributed by atoms with Crippen LogP contribution in [0.15, 0.2) is 54.7 Å². The number of halogens is 2. The second-order valence-corrected chi connectivity index (χ2v) is 6.47. The SMILES string of the molecule is Cc1ccc(CC(=O)Nc2ccc3nc(-c4cc(F)ccc4F)[nH]c3c2)cn1. The van der Waals surface area contributed by atoms with Crippen LogP contribution < -0.4 is 5.32 Å².